The molecule has 3 N–H and O–H groups in total. The van der Waals surface area contributed by atoms with Crippen LogP contribution >= 0.6 is 0 Å². The van der Waals surface area contributed by atoms with E-state index in [0.717, 1.165) is 0 Å². The quantitative estimate of drug-likeness (QED) is 0.694. The van der Waals surface area contributed by atoms with Crippen molar-refractivity contribution in [3.63, 3.8) is 0 Å². The normalized spacial score (nSPS) is 12.4. The largest absolute Gasteiger partial charge is 0.350 e. The van der Waals surface area contributed by atoms with Crippen molar-refractivity contribution in [3.8, 4) is 0 Å². The van der Waals surface area contributed by atoms with Gasteiger partial charge in [-0.1, -0.05) is 6.92 Å². The first-order chi connectivity index (χ1) is 12.0. The topological polar surface area (TPSA) is 90.5 Å². The molecule has 144 valence electrons. The number of nitrogens with one attached hydrogen (secondary N) is 3. The third-order valence-electron chi connectivity index (χ3n) is 3.67. The lowest BCUT2D eigenvalue weighted by atomic mass is 10.1. The molecule has 26 heavy (non-hydrogen) atoms. The van der Waals surface area contributed by atoms with Crippen molar-refractivity contribution in [2.45, 2.75) is 53.1 Å². The summed E-state index contributed by atoms with van der Waals surface area (Å²) in [6, 6.07) is 6.46. The van der Waals surface area contributed by atoms with Crippen LogP contribution in [0.5, 0.6) is 0 Å². The first-order valence-corrected chi connectivity index (χ1v) is 8.75. The van der Waals surface area contributed by atoms with E-state index >= 15 is 0 Å². The maximum absolute atomic E-state index is 12.3. The molecule has 0 fully saturated rings. The number of amides is 3. The zero-order valence-corrected chi connectivity index (χ0v) is 16.5. The van der Waals surface area contributed by atoms with E-state index in [-0.39, 0.29) is 29.8 Å². The molecule has 7 nitrogen and oxygen atoms in total. The predicted octanol–water partition coefficient (Wildman–Crippen LogP) is 2.21. The van der Waals surface area contributed by atoms with Gasteiger partial charge in [-0.3, -0.25) is 19.3 Å². The molecule has 0 heterocycles. The maximum atomic E-state index is 12.3. The van der Waals surface area contributed by atoms with Crippen LogP contribution < -0.4 is 16.0 Å². The lowest BCUT2D eigenvalue weighted by Gasteiger charge is -2.29. The predicted molar refractivity (Wildman–Crippen MR) is 104 cm³/mol. The summed E-state index contributed by atoms with van der Waals surface area (Å²) in [4.78, 5) is 37.4. The molecule has 0 radical (unpaired) electrons. The van der Waals surface area contributed by atoms with E-state index in [1.807, 2.05) is 32.6 Å². The van der Waals surface area contributed by atoms with Gasteiger partial charge in [0.1, 0.15) is 0 Å². The number of benzene rings is 1. The number of carbonyl (C=O) groups is 3. The van der Waals surface area contributed by atoms with Crippen molar-refractivity contribution >= 4 is 29.1 Å². The number of likely N-dealkylation sites (N-methyl/N-ethyl adjacent to an activating group) is 1. The van der Waals surface area contributed by atoms with Crippen LogP contribution in [0.2, 0.25) is 0 Å². The molecule has 0 aliphatic rings. The third kappa shape index (κ3) is 7.65. The smallest absolute Gasteiger partial charge is 0.238 e. The molecule has 0 saturated carbocycles. The number of nitrogens with zero attached hydrogens (tertiary/aromatic N) is 1. The van der Waals surface area contributed by atoms with Gasteiger partial charge in [-0.15, -0.1) is 0 Å². The molecule has 0 spiro atoms. The molecule has 1 unspecified atom stereocenters. The fraction of sp³-hybridized carbons (Fsp3) is 0.526. The fourth-order valence-corrected chi connectivity index (χ4v) is 2.39. The second kappa shape index (κ2) is 9.33. The number of hydrogen-bond acceptors (Lipinski definition) is 4. The number of rotatable bonds is 7. The third-order valence-corrected chi connectivity index (χ3v) is 3.67. The van der Waals surface area contributed by atoms with E-state index in [1.165, 1.54) is 6.92 Å². The summed E-state index contributed by atoms with van der Waals surface area (Å²) in [6.07, 6.45) is 0. The molecule has 1 aromatic carbocycles. The van der Waals surface area contributed by atoms with Gasteiger partial charge in [0.25, 0.3) is 0 Å². The van der Waals surface area contributed by atoms with Gasteiger partial charge in [0.15, 0.2) is 0 Å². The number of anilines is 2. The van der Waals surface area contributed by atoms with E-state index in [4.69, 9.17) is 0 Å². The minimum atomic E-state index is -0.410. The first kappa shape index (κ1) is 21.6. The SMILES string of the molecule is CCN(CC(=O)Nc1ccc(NC(C)=O)cc1)C(C)C(=O)NC(C)(C)C. The van der Waals surface area contributed by atoms with Crippen LogP contribution in [0.1, 0.15) is 41.5 Å². The van der Waals surface area contributed by atoms with E-state index in [2.05, 4.69) is 16.0 Å². The molecule has 0 saturated heterocycles. The highest BCUT2D eigenvalue weighted by Crippen LogP contribution is 2.14. The second-order valence-corrected chi connectivity index (χ2v) is 7.29. The van der Waals surface area contributed by atoms with Gasteiger partial charge in [0, 0.05) is 23.8 Å². The minimum Gasteiger partial charge on any atom is -0.350 e. The first-order valence-electron chi connectivity index (χ1n) is 8.75. The molecule has 0 aliphatic heterocycles. The van der Waals surface area contributed by atoms with E-state index in [9.17, 15) is 14.4 Å². The highest BCUT2D eigenvalue weighted by Gasteiger charge is 2.25. The van der Waals surface area contributed by atoms with Crippen molar-refractivity contribution in [1.29, 1.82) is 0 Å². The van der Waals surface area contributed by atoms with Gasteiger partial charge in [-0.25, -0.2) is 0 Å². The Morgan fingerprint density at radius 3 is 1.96 bits per heavy atom. The van der Waals surface area contributed by atoms with E-state index in [1.54, 1.807) is 31.2 Å². The van der Waals surface area contributed by atoms with Crippen LogP contribution in [0.15, 0.2) is 24.3 Å². The van der Waals surface area contributed by atoms with Gasteiger partial charge in [-0.05, 0) is 58.5 Å². The molecular formula is C19H30N4O3. The van der Waals surface area contributed by atoms with Crippen LogP contribution in [0.4, 0.5) is 11.4 Å². The summed E-state index contributed by atoms with van der Waals surface area (Å²) >= 11 is 0. The van der Waals surface area contributed by atoms with Crippen LogP contribution in [0, 0.1) is 0 Å². The number of carbonyl (C=O) groups excluding carboxylic acids is 3. The zero-order chi connectivity index (χ0) is 19.9. The van der Waals surface area contributed by atoms with E-state index < -0.39 is 6.04 Å². The molecule has 1 rings (SSSR count). The standard InChI is InChI=1S/C19H30N4O3/c1-7-23(13(2)18(26)22-19(4,5)6)12-17(25)21-16-10-8-15(9-11-16)20-14(3)24/h8-11,13H,7,12H2,1-6H3,(H,20,24)(H,21,25)(H,22,26). The Hall–Kier alpha value is -2.41. The second-order valence-electron chi connectivity index (χ2n) is 7.29. The van der Waals surface area contributed by atoms with Crippen molar-refractivity contribution in [3.05, 3.63) is 24.3 Å². The summed E-state index contributed by atoms with van der Waals surface area (Å²) in [5, 5.41) is 8.40. The minimum absolute atomic E-state index is 0.105. The van der Waals surface area contributed by atoms with Crippen molar-refractivity contribution in [1.82, 2.24) is 10.2 Å². The molecule has 7 heteroatoms. The van der Waals surface area contributed by atoms with Crippen molar-refractivity contribution < 1.29 is 14.4 Å². The Morgan fingerprint density at radius 2 is 1.54 bits per heavy atom. The molecule has 1 atom stereocenters. The van der Waals surface area contributed by atoms with Crippen LogP contribution in [-0.4, -0.2) is 47.3 Å². The lowest BCUT2D eigenvalue weighted by molar-refractivity contribution is -0.128. The number of hydrogen-bond donors (Lipinski definition) is 3. The lowest BCUT2D eigenvalue weighted by Crippen LogP contribution is -2.52. The highest BCUT2D eigenvalue weighted by atomic mass is 16.2. The van der Waals surface area contributed by atoms with Gasteiger partial charge in [0.2, 0.25) is 17.7 Å². The summed E-state index contributed by atoms with van der Waals surface area (Å²) in [5.41, 5.74) is 0.980. The molecular weight excluding hydrogens is 332 g/mol. The Labute approximate surface area is 155 Å². The molecule has 0 aliphatic carbocycles. The Balaban J connectivity index is 2.63. The van der Waals surface area contributed by atoms with E-state index in [0.29, 0.717) is 17.9 Å². The molecule has 3 amide bonds. The molecule has 1 aromatic rings. The summed E-state index contributed by atoms with van der Waals surface area (Å²) < 4.78 is 0. The summed E-state index contributed by atoms with van der Waals surface area (Å²) in [7, 11) is 0. The van der Waals surface area contributed by atoms with Gasteiger partial charge >= 0.3 is 0 Å². The van der Waals surface area contributed by atoms with Gasteiger partial charge in [0.05, 0.1) is 12.6 Å². The summed E-state index contributed by atoms with van der Waals surface area (Å²) in [6.45, 7) is 11.6. The van der Waals surface area contributed by atoms with Crippen molar-refractivity contribution in [2.75, 3.05) is 23.7 Å². The van der Waals surface area contributed by atoms with Crippen LogP contribution in [0.25, 0.3) is 0 Å². The fourth-order valence-electron chi connectivity index (χ4n) is 2.39. The monoisotopic (exact) mass is 362 g/mol. The molecule has 0 aromatic heterocycles. The average Bonchev–Trinajstić information content (AvgIpc) is 2.51. The average molecular weight is 362 g/mol. The molecule has 0 bridgehead atoms. The Bertz CT molecular complexity index is 635. The highest BCUT2D eigenvalue weighted by molar-refractivity contribution is 5.93. The van der Waals surface area contributed by atoms with Gasteiger partial charge in [-0.2, -0.15) is 0 Å². The zero-order valence-electron chi connectivity index (χ0n) is 16.5. The van der Waals surface area contributed by atoms with Gasteiger partial charge < -0.3 is 16.0 Å². The maximum Gasteiger partial charge on any atom is 0.238 e. The van der Waals surface area contributed by atoms with Crippen molar-refractivity contribution in [2.24, 2.45) is 0 Å². The van der Waals surface area contributed by atoms with Crippen LogP contribution in [-0.2, 0) is 14.4 Å². The van der Waals surface area contributed by atoms with Crippen LogP contribution in [0.3, 0.4) is 0 Å². The summed E-state index contributed by atoms with van der Waals surface area (Å²) in [5.74, 6) is -0.454. The Kier molecular flexibility index (Phi) is 7.76. The Morgan fingerprint density at radius 1 is 1.04 bits per heavy atom.